The van der Waals surface area contributed by atoms with E-state index < -0.39 is 0 Å². The molecule has 8 rings (SSSR count). The maximum absolute atomic E-state index is 2.39. The monoisotopic (exact) mass is 550 g/mol. The van der Waals surface area contributed by atoms with Crippen LogP contribution in [0.15, 0.2) is 170 Å². The van der Waals surface area contributed by atoms with Crippen LogP contribution in [0.3, 0.4) is 0 Å². The van der Waals surface area contributed by atoms with Crippen LogP contribution in [-0.2, 0) is 6.42 Å². The molecule has 0 saturated heterocycles. The fourth-order valence-electron chi connectivity index (χ4n) is 6.40. The fourth-order valence-corrected chi connectivity index (χ4v) is 6.40. The van der Waals surface area contributed by atoms with E-state index in [1.807, 2.05) is 0 Å². The van der Waals surface area contributed by atoms with Gasteiger partial charge in [0.15, 0.2) is 0 Å². The molecule has 0 atom stereocenters. The zero-order chi connectivity index (χ0) is 28.6. The van der Waals surface area contributed by atoms with E-state index in [1.54, 1.807) is 0 Å². The van der Waals surface area contributed by atoms with Gasteiger partial charge in [0.2, 0.25) is 0 Å². The second kappa shape index (κ2) is 10.7. The van der Waals surface area contributed by atoms with Crippen molar-refractivity contribution in [1.82, 2.24) is 0 Å². The Bertz CT molecular complexity index is 2040. The number of nitrogens with zero attached hydrogens (tertiary/aromatic N) is 2. The lowest BCUT2D eigenvalue weighted by molar-refractivity contribution is 1.09. The minimum absolute atomic E-state index is 0.920. The highest BCUT2D eigenvalue weighted by atomic mass is 15.2. The molecule has 0 aromatic heterocycles. The van der Waals surface area contributed by atoms with E-state index in [-0.39, 0.29) is 0 Å². The number of rotatable bonds is 5. The van der Waals surface area contributed by atoms with E-state index >= 15 is 0 Å². The Hall–Kier alpha value is -5.60. The smallest absolute Gasteiger partial charge is 0.0540 e. The van der Waals surface area contributed by atoms with Crippen molar-refractivity contribution in [3.8, 4) is 11.1 Å². The largest absolute Gasteiger partial charge is 0.310 e. The van der Waals surface area contributed by atoms with Crippen LogP contribution in [0.2, 0.25) is 0 Å². The molecule has 1 aliphatic heterocycles. The Morgan fingerprint density at radius 3 is 1.91 bits per heavy atom. The summed E-state index contributed by atoms with van der Waals surface area (Å²) < 4.78 is 0. The maximum atomic E-state index is 2.39. The summed E-state index contributed by atoms with van der Waals surface area (Å²) in [5.74, 6) is 0. The third-order valence-electron chi connectivity index (χ3n) is 8.43. The van der Waals surface area contributed by atoms with Crippen molar-refractivity contribution in [3.63, 3.8) is 0 Å². The molecule has 0 amide bonds. The van der Waals surface area contributed by atoms with Gasteiger partial charge in [0.05, 0.1) is 5.69 Å². The Labute approximate surface area is 252 Å². The summed E-state index contributed by atoms with van der Waals surface area (Å²) in [5, 5.41) is 2.47. The third-order valence-corrected chi connectivity index (χ3v) is 8.43. The van der Waals surface area contributed by atoms with Crippen molar-refractivity contribution < 1.29 is 0 Å². The molecule has 2 heteroatoms. The van der Waals surface area contributed by atoms with Gasteiger partial charge in [-0.1, -0.05) is 109 Å². The molecule has 0 radical (unpaired) electrons. The van der Waals surface area contributed by atoms with E-state index in [2.05, 4.69) is 180 Å². The van der Waals surface area contributed by atoms with Crippen LogP contribution in [-0.4, -0.2) is 0 Å². The third kappa shape index (κ3) is 4.54. The van der Waals surface area contributed by atoms with Crippen molar-refractivity contribution in [3.05, 3.63) is 181 Å². The zero-order valence-corrected chi connectivity index (χ0v) is 23.8. The lowest BCUT2D eigenvalue weighted by Crippen LogP contribution is -2.18. The molecule has 7 aromatic rings. The molecule has 1 aliphatic rings. The minimum Gasteiger partial charge on any atom is -0.310 e. The fraction of sp³-hybridized carbons (Fsp3) is 0.0244. The van der Waals surface area contributed by atoms with Gasteiger partial charge >= 0.3 is 0 Å². The van der Waals surface area contributed by atoms with Gasteiger partial charge in [-0.25, -0.2) is 0 Å². The van der Waals surface area contributed by atoms with Crippen molar-refractivity contribution in [2.24, 2.45) is 0 Å². The number of para-hydroxylation sites is 3. The van der Waals surface area contributed by atoms with E-state index in [0.717, 1.165) is 17.8 Å². The second-order valence-corrected chi connectivity index (χ2v) is 11.0. The van der Waals surface area contributed by atoms with E-state index in [0.29, 0.717) is 0 Å². The molecule has 1 heterocycles. The number of fused-ring (bicyclic) bond motifs is 3. The van der Waals surface area contributed by atoms with Crippen LogP contribution >= 0.6 is 0 Å². The molecular weight excluding hydrogens is 520 g/mol. The van der Waals surface area contributed by atoms with Crippen LogP contribution < -0.4 is 9.80 Å². The Morgan fingerprint density at radius 1 is 0.442 bits per heavy atom. The van der Waals surface area contributed by atoms with Gasteiger partial charge in [-0.3, -0.25) is 0 Å². The summed E-state index contributed by atoms with van der Waals surface area (Å²) >= 11 is 0. The number of anilines is 6. The standard InChI is InChI=1S/C41H30N2/c1-3-15-35(16-4-1)42(41-21-11-14-31-12-7-9-19-38(31)41)37-25-22-30(23-26-37)32-24-27-40-34(28-32)29-33-13-8-10-20-39(33)43(40)36-17-5-2-6-18-36/h1-28H,29H2. The zero-order valence-electron chi connectivity index (χ0n) is 23.8. The summed E-state index contributed by atoms with van der Waals surface area (Å²) in [5.41, 5.74) is 12.3. The normalized spacial score (nSPS) is 12.0. The first-order valence-corrected chi connectivity index (χ1v) is 14.8. The first-order valence-electron chi connectivity index (χ1n) is 14.8. The van der Waals surface area contributed by atoms with Gasteiger partial charge in [0.1, 0.15) is 0 Å². The minimum atomic E-state index is 0.920. The Kier molecular flexibility index (Phi) is 6.23. The SMILES string of the molecule is c1ccc(N2c3ccccc3Cc3cc(-c4ccc(N(c5ccccc5)c5cccc6ccccc56)cc4)ccc32)cc1. The summed E-state index contributed by atoms with van der Waals surface area (Å²) in [6.45, 7) is 0. The highest BCUT2D eigenvalue weighted by Crippen LogP contribution is 2.45. The quantitative estimate of drug-likeness (QED) is 0.210. The summed E-state index contributed by atoms with van der Waals surface area (Å²) in [6, 6.07) is 61.1. The maximum Gasteiger partial charge on any atom is 0.0540 e. The van der Waals surface area contributed by atoms with Crippen molar-refractivity contribution in [2.45, 2.75) is 6.42 Å². The highest BCUT2D eigenvalue weighted by molar-refractivity contribution is 5.99. The average molecular weight is 551 g/mol. The highest BCUT2D eigenvalue weighted by Gasteiger charge is 2.24. The van der Waals surface area contributed by atoms with Crippen molar-refractivity contribution in [2.75, 3.05) is 9.80 Å². The van der Waals surface area contributed by atoms with Crippen LogP contribution in [0.25, 0.3) is 21.9 Å². The number of benzene rings is 7. The van der Waals surface area contributed by atoms with Gasteiger partial charge in [0, 0.05) is 40.2 Å². The number of hydrogen-bond donors (Lipinski definition) is 0. The molecule has 0 spiro atoms. The molecular formula is C41H30N2. The van der Waals surface area contributed by atoms with E-state index in [1.165, 1.54) is 55.8 Å². The predicted molar refractivity (Wildman–Crippen MR) is 182 cm³/mol. The van der Waals surface area contributed by atoms with E-state index in [4.69, 9.17) is 0 Å². The predicted octanol–water partition coefficient (Wildman–Crippen LogP) is 11.4. The van der Waals surface area contributed by atoms with Gasteiger partial charge in [-0.15, -0.1) is 0 Å². The molecule has 204 valence electrons. The number of hydrogen-bond acceptors (Lipinski definition) is 2. The van der Waals surface area contributed by atoms with E-state index in [9.17, 15) is 0 Å². The molecule has 43 heavy (non-hydrogen) atoms. The Balaban J connectivity index is 1.19. The summed E-state index contributed by atoms with van der Waals surface area (Å²) in [6.07, 6.45) is 0.920. The van der Waals surface area contributed by atoms with Crippen LogP contribution in [0.5, 0.6) is 0 Å². The molecule has 7 aromatic carbocycles. The average Bonchev–Trinajstić information content (AvgIpc) is 3.08. The molecule has 0 bridgehead atoms. The molecule has 0 aliphatic carbocycles. The lowest BCUT2D eigenvalue weighted by atomic mass is 9.92. The topological polar surface area (TPSA) is 6.48 Å². The lowest BCUT2D eigenvalue weighted by Gasteiger charge is -2.33. The van der Waals surface area contributed by atoms with Crippen LogP contribution in [0, 0.1) is 0 Å². The molecule has 0 saturated carbocycles. The second-order valence-electron chi connectivity index (χ2n) is 11.0. The van der Waals surface area contributed by atoms with Crippen molar-refractivity contribution >= 4 is 44.9 Å². The molecule has 2 nitrogen and oxygen atoms in total. The van der Waals surface area contributed by atoms with Crippen LogP contribution in [0.1, 0.15) is 11.1 Å². The molecule has 0 unspecified atom stereocenters. The van der Waals surface area contributed by atoms with Gasteiger partial charge in [-0.2, -0.15) is 0 Å². The first kappa shape index (κ1) is 25.1. The van der Waals surface area contributed by atoms with Gasteiger partial charge in [-0.05, 0) is 88.3 Å². The first-order chi connectivity index (χ1) is 21.3. The Morgan fingerprint density at radius 2 is 1.07 bits per heavy atom. The summed E-state index contributed by atoms with van der Waals surface area (Å²) in [7, 11) is 0. The van der Waals surface area contributed by atoms with Crippen LogP contribution in [0.4, 0.5) is 34.1 Å². The summed E-state index contributed by atoms with van der Waals surface area (Å²) in [4.78, 5) is 4.75. The van der Waals surface area contributed by atoms with Gasteiger partial charge < -0.3 is 9.80 Å². The van der Waals surface area contributed by atoms with Crippen molar-refractivity contribution in [1.29, 1.82) is 0 Å². The molecule has 0 fully saturated rings. The molecule has 0 N–H and O–H groups in total. The van der Waals surface area contributed by atoms with Gasteiger partial charge in [0.25, 0.3) is 0 Å².